The third kappa shape index (κ3) is 5.19. The van der Waals surface area contributed by atoms with Crippen molar-refractivity contribution >= 4 is 17.6 Å². The van der Waals surface area contributed by atoms with Crippen LogP contribution in [0.2, 0.25) is 0 Å². The number of nitrogens with zero attached hydrogens (tertiary/aromatic N) is 1. The van der Waals surface area contributed by atoms with E-state index in [9.17, 15) is 9.59 Å². The highest BCUT2D eigenvalue weighted by molar-refractivity contribution is 5.90. The molecule has 2 N–H and O–H groups in total. The number of nitrogens with one attached hydrogen (secondary N) is 2. The van der Waals surface area contributed by atoms with Gasteiger partial charge in [0, 0.05) is 19.2 Å². The average Bonchev–Trinajstić information content (AvgIpc) is 2.58. The van der Waals surface area contributed by atoms with Crippen molar-refractivity contribution in [2.45, 2.75) is 32.6 Å². The average molecular weight is 325 g/mol. The number of benzene rings is 1. The molecule has 0 aliphatic rings. The van der Waals surface area contributed by atoms with Crippen LogP contribution in [0, 0.1) is 6.92 Å². The topological polar surface area (TPSA) is 71.1 Å². The quantitative estimate of drug-likeness (QED) is 0.822. The van der Waals surface area contributed by atoms with Gasteiger partial charge in [-0.05, 0) is 30.5 Å². The van der Waals surface area contributed by atoms with Crippen LogP contribution in [0.15, 0.2) is 48.7 Å². The Morgan fingerprint density at radius 1 is 1.12 bits per heavy atom. The van der Waals surface area contributed by atoms with Crippen molar-refractivity contribution in [3.05, 3.63) is 59.8 Å². The molecule has 2 amide bonds. The maximum atomic E-state index is 12.3. The molecule has 5 nitrogen and oxygen atoms in total. The van der Waals surface area contributed by atoms with Gasteiger partial charge in [0.15, 0.2) is 0 Å². The van der Waals surface area contributed by atoms with Gasteiger partial charge in [0.25, 0.3) is 0 Å². The Bertz CT molecular complexity index is 669. The van der Waals surface area contributed by atoms with Gasteiger partial charge in [-0.1, -0.05) is 43.3 Å². The summed E-state index contributed by atoms with van der Waals surface area (Å²) in [6, 6.07) is 13.3. The molecule has 2 rings (SSSR count). The first-order chi connectivity index (χ1) is 11.6. The van der Waals surface area contributed by atoms with E-state index in [1.807, 2.05) is 50.2 Å². The van der Waals surface area contributed by atoms with Gasteiger partial charge >= 0.3 is 0 Å². The predicted molar refractivity (Wildman–Crippen MR) is 94.7 cm³/mol. The third-order valence-electron chi connectivity index (χ3n) is 3.76. The molecule has 0 unspecified atom stereocenters. The molecule has 0 spiro atoms. The van der Waals surface area contributed by atoms with E-state index in [2.05, 4.69) is 15.6 Å². The number of hydrogen-bond acceptors (Lipinski definition) is 3. The monoisotopic (exact) mass is 325 g/mol. The molecule has 1 atom stereocenters. The lowest BCUT2D eigenvalue weighted by molar-refractivity contribution is -0.122. The van der Waals surface area contributed by atoms with Gasteiger partial charge in [-0.15, -0.1) is 0 Å². The molecule has 0 aliphatic carbocycles. The van der Waals surface area contributed by atoms with Crippen LogP contribution >= 0.6 is 0 Å². The smallest absolute Gasteiger partial charge is 0.227 e. The number of pyridine rings is 1. The summed E-state index contributed by atoms with van der Waals surface area (Å²) in [4.78, 5) is 28.3. The lowest BCUT2D eigenvalue weighted by Gasteiger charge is -2.15. The number of carbonyl (C=O) groups excluding carboxylic acids is 2. The second-order valence-corrected chi connectivity index (χ2v) is 5.68. The van der Waals surface area contributed by atoms with Crippen LogP contribution in [-0.4, -0.2) is 23.3 Å². The second-order valence-electron chi connectivity index (χ2n) is 5.68. The summed E-state index contributed by atoms with van der Waals surface area (Å²) >= 11 is 0. The normalized spacial score (nSPS) is 11.6. The predicted octanol–water partition coefficient (Wildman–Crippen LogP) is 3.03. The summed E-state index contributed by atoms with van der Waals surface area (Å²) in [5.74, 6) is 0.116. The van der Waals surface area contributed by atoms with Crippen molar-refractivity contribution in [1.29, 1.82) is 0 Å². The van der Waals surface area contributed by atoms with E-state index in [1.54, 1.807) is 12.3 Å². The molecule has 0 radical (unpaired) electrons. The van der Waals surface area contributed by atoms with Crippen LogP contribution in [0.4, 0.5) is 5.82 Å². The number of anilines is 1. The fourth-order valence-corrected chi connectivity index (χ4v) is 2.43. The van der Waals surface area contributed by atoms with Crippen LogP contribution in [0.1, 0.15) is 36.8 Å². The molecular formula is C19H23N3O2. The number of hydrogen-bond donors (Lipinski definition) is 2. The van der Waals surface area contributed by atoms with E-state index < -0.39 is 0 Å². The van der Waals surface area contributed by atoms with Crippen molar-refractivity contribution in [2.24, 2.45) is 0 Å². The highest BCUT2D eigenvalue weighted by Crippen LogP contribution is 2.19. The summed E-state index contributed by atoms with van der Waals surface area (Å²) < 4.78 is 0. The minimum atomic E-state index is -0.187. The van der Waals surface area contributed by atoms with E-state index in [4.69, 9.17) is 0 Å². The van der Waals surface area contributed by atoms with Gasteiger partial charge in [-0.3, -0.25) is 9.59 Å². The van der Waals surface area contributed by atoms with Gasteiger partial charge in [0.05, 0.1) is 5.92 Å². The Kier molecular flexibility index (Phi) is 6.49. The van der Waals surface area contributed by atoms with Crippen molar-refractivity contribution in [3.8, 4) is 0 Å². The minimum Gasteiger partial charge on any atom is -0.355 e. The van der Waals surface area contributed by atoms with Crippen molar-refractivity contribution in [2.75, 3.05) is 11.9 Å². The van der Waals surface area contributed by atoms with Crippen LogP contribution in [0.5, 0.6) is 0 Å². The van der Waals surface area contributed by atoms with Gasteiger partial charge in [-0.25, -0.2) is 4.98 Å². The van der Waals surface area contributed by atoms with Crippen molar-refractivity contribution in [1.82, 2.24) is 10.3 Å². The van der Waals surface area contributed by atoms with Gasteiger partial charge in [-0.2, -0.15) is 0 Å². The van der Waals surface area contributed by atoms with Gasteiger partial charge < -0.3 is 10.6 Å². The first kappa shape index (κ1) is 17.7. The van der Waals surface area contributed by atoms with E-state index in [1.165, 1.54) is 0 Å². The first-order valence-corrected chi connectivity index (χ1v) is 8.15. The molecule has 0 fully saturated rings. The lowest BCUT2D eigenvalue weighted by Crippen LogP contribution is -2.31. The molecule has 0 saturated carbocycles. The SMILES string of the molecule is CC[C@H](C(=O)NCCC(=O)Nc1ccc(C)cn1)c1ccccc1. The number of aromatic nitrogens is 1. The molecule has 1 aromatic carbocycles. The molecule has 5 heteroatoms. The Balaban J connectivity index is 1.79. The van der Waals surface area contributed by atoms with E-state index in [0.717, 1.165) is 17.5 Å². The van der Waals surface area contributed by atoms with Gasteiger partial charge in [0.1, 0.15) is 5.82 Å². The number of aryl methyl sites for hydroxylation is 1. The third-order valence-corrected chi connectivity index (χ3v) is 3.76. The highest BCUT2D eigenvalue weighted by Gasteiger charge is 2.18. The molecule has 24 heavy (non-hydrogen) atoms. The van der Waals surface area contributed by atoms with Crippen LogP contribution < -0.4 is 10.6 Å². The van der Waals surface area contributed by atoms with E-state index in [-0.39, 0.29) is 24.2 Å². The van der Waals surface area contributed by atoms with Crippen LogP contribution in [-0.2, 0) is 9.59 Å². The number of rotatable bonds is 7. The van der Waals surface area contributed by atoms with Crippen molar-refractivity contribution < 1.29 is 9.59 Å². The van der Waals surface area contributed by atoms with Crippen LogP contribution in [0.3, 0.4) is 0 Å². The molecule has 126 valence electrons. The molecule has 1 heterocycles. The zero-order valence-corrected chi connectivity index (χ0v) is 14.1. The largest absolute Gasteiger partial charge is 0.355 e. The number of carbonyl (C=O) groups is 2. The maximum Gasteiger partial charge on any atom is 0.227 e. The second kappa shape index (κ2) is 8.82. The fourth-order valence-electron chi connectivity index (χ4n) is 2.43. The molecule has 1 aromatic heterocycles. The molecular weight excluding hydrogens is 302 g/mol. The zero-order valence-electron chi connectivity index (χ0n) is 14.1. The first-order valence-electron chi connectivity index (χ1n) is 8.15. The Labute approximate surface area is 142 Å². The Hall–Kier alpha value is -2.69. The Morgan fingerprint density at radius 3 is 2.50 bits per heavy atom. The molecule has 0 aliphatic heterocycles. The summed E-state index contributed by atoms with van der Waals surface area (Å²) in [7, 11) is 0. The summed E-state index contributed by atoms with van der Waals surface area (Å²) in [5, 5.41) is 5.55. The highest BCUT2D eigenvalue weighted by atomic mass is 16.2. The zero-order chi connectivity index (χ0) is 17.4. The van der Waals surface area contributed by atoms with Crippen molar-refractivity contribution in [3.63, 3.8) is 0 Å². The summed E-state index contributed by atoms with van der Waals surface area (Å²) in [6.07, 6.45) is 2.63. The minimum absolute atomic E-state index is 0.0510. The van der Waals surface area contributed by atoms with Gasteiger partial charge in [0.2, 0.25) is 11.8 Å². The molecule has 0 bridgehead atoms. The molecule has 2 aromatic rings. The van der Waals surface area contributed by atoms with Crippen LogP contribution in [0.25, 0.3) is 0 Å². The number of amides is 2. The lowest BCUT2D eigenvalue weighted by atomic mass is 9.96. The molecule has 0 saturated heterocycles. The fraction of sp³-hybridized carbons (Fsp3) is 0.316. The van der Waals surface area contributed by atoms with E-state index >= 15 is 0 Å². The standard InChI is InChI=1S/C19H23N3O2/c1-3-16(15-7-5-4-6-8-15)19(24)20-12-11-18(23)22-17-10-9-14(2)13-21-17/h4-10,13,16H,3,11-12H2,1-2H3,(H,20,24)(H,21,22,23)/t16-/m0/s1. The van der Waals surface area contributed by atoms with E-state index in [0.29, 0.717) is 12.4 Å². The Morgan fingerprint density at radius 2 is 1.88 bits per heavy atom. The summed E-state index contributed by atoms with van der Waals surface area (Å²) in [5.41, 5.74) is 2.03. The summed E-state index contributed by atoms with van der Waals surface area (Å²) in [6.45, 7) is 4.22. The maximum absolute atomic E-state index is 12.3.